The molecule has 0 spiro atoms. The lowest BCUT2D eigenvalue weighted by molar-refractivity contribution is -0.156. The molecule has 0 unspecified atom stereocenters. The number of benzene rings is 1. The summed E-state index contributed by atoms with van der Waals surface area (Å²) in [5.74, 6) is -0.569. The van der Waals surface area contributed by atoms with E-state index in [1.165, 1.54) is 12.1 Å². The van der Waals surface area contributed by atoms with Gasteiger partial charge < -0.3 is 9.84 Å². The number of halogens is 1. The average molecular weight is 356 g/mol. The SMILES string of the molecule is CCOC(=O)[C@]12Cc3cnn(-c4ccc(F)cc4)c3C=C1CC[C@H](O)C2. The molecule has 5 nitrogen and oxygen atoms in total. The van der Waals surface area contributed by atoms with Crippen LogP contribution in [0.3, 0.4) is 0 Å². The minimum Gasteiger partial charge on any atom is -0.465 e. The van der Waals surface area contributed by atoms with Gasteiger partial charge in [0.15, 0.2) is 0 Å². The van der Waals surface area contributed by atoms with Crippen molar-refractivity contribution in [1.29, 1.82) is 0 Å². The second kappa shape index (κ2) is 6.36. The molecular formula is C20H21FN2O3. The van der Waals surface area contributed by atoms with Crippen LogP contribution in [0.1, 0.15) is 37.4 Å². The number of aliphatic hydroxyl groups excluding tert-OH is 1. The first kappa shape index (κ1) is 17.0. The highest BCUT2D eigenvalue weighted by atomic mass is 19.1. The Morgan fingerprint density at radius 3 is 2.92 bits per heavy atom. The van der Waals surface area contributed by atoms with E-state index in [4.69, 9.17) is 4.74 Å². The monoisotopic (exact) mass is 356 g/mol. The van der Waals surface area contributed by atoms with Crippen LogP contribution in [-0.2, 0) is 16.0 Å². The molecule has 0 amide bonds. The zero-order chi connectivity index (χ0) is 18.3. The number of ether oxygens (including phenoxy) is 1. The molecule has 0 aliphatic heterocycles. The molecule has 2 atom stereocenters. The first-order valence-electron chi connectivity index (χ1n) is 8.92. The highest BCUT2D eigenvalue weighted by molar-refractivity contribution is 5.85. The molecule has 136 valence electrons. The molecule has 2 aliphatic carbocycles. The lowest BCUT2D eigenvalue weighted by atomic mass is 9.63. The number of rotatable bonds is 3. The van der Waals surface area contributed by atoms with Crippen molar-refractivity contribution >= 4 is 12.0 Å². The van der Waals surface area contributed by atoms with Gasteiger partial charge in [-0.25, -0.2) is 9.07 Å². The Hall–Kier alpha value is -2.47. The smallest absolute Gasteiger partial charge is 0.316 e. The lowest BCUT2D eigenvalue weighted by Gasteiger charge is -2.41. The maximum atomic E-state index is 13.2. The van der Waals surface area contributed by atoms with Crippen LogP contribution in [0.4, 0.5) is 4.39 Å². The fourth-order valence-electron chi connectivity index (χ4n) is 4.11. The van der Waals surface area contributed by atoms with Gasteiger partial charge in [0.05, 0.1) is 35.7 Å². The minimum absolute atomic E-state index is 0.273. The molecule has 2 aliphatic rings. The lowest BCUT2D eigenvalue weighted by Crippen LogP contribution is -2.44. The first-order valence-corrected chi connectivity index (χ1v) is 8.92. The van der Waals surface area contributed by atoms with Crippen molar-refractivity contribution in [2.24, 2.45) is 5.41 Å². The summed E-state index contributed by atoms with van der Waals surface area (Å²) in [5.41, 5.74) is 2.78. The molecule has 0 bridgehead atoms. The number of fused-ring (bicyclic) bond motifs is 2. The van der Waals surface area contributed by atoms with Gasteiger partial charge in [0.1, 0.15) is 5.82 Å². The maximum Gasteiger partial charge on any atom is 0.316 e. The summed E-state index contributed by atoms with van der Waals surface area (Å²) < 4.78 is 20.3. The van der Waals surface area contributed by atoms with E-state index in [-0.39, 0.29) is 11.8 Å². The van der Waals surface area contributed by atoms with Crippen LogP contribution in [-0.4, -0.2) is 33.6 Å². The maximum absolute atomic E-state index is 13.2. The van der Waals surface area contributed by atoms with Crippen molar-refractivity contribution in [1.82, 2.24) is 9.78 Å². The van der Waals surface area contributed by atoms with Gasteiger partial charge in [0.25, 0.3) is 0 Å². The van der Waals surface area contributed by atoms with Gasteiger partial charge in [-0.05, 0) is 68.5 Å². The summed E-state index contributed by atoms with van der Waals surface area (Å²) in [6.07, 6.45) is 5.35. The predicted molar refractivity (Wildman–Crippen MR) is 94.1 cm³/mol. The van der Waals surface area contributed by atoms with Crippen LogP contribution in [0.5, 0.6) is 0 Å². The zero-order valence-electron chi connectivity index (χ0n) is 14.6. The Morgan fingerprint density at radius 2 is 2.19 bits per heavy atom. The van der Waals surface area contributed by atoms with E-state index in [2.05, 4.69) is 5.10 Å². The van der Waals surface area contributed by atoms with Crippen molar-refractivity contribution in [2.75, 3.05) is 6.61 Å². The minimum atomic E-state index is -0.808. The van der Waals surface area contributed by atoms with Crippen molar-refractivity contribution in [3.63, 3.8) is 0 Å². The van der Waals surface area contributed by atoms with Gasteiger partial charge in [0.2, 0.25) is 0 Å². The molecule has 1 aromatic carbocycles. The second-order valence-electron chi connectivity index (χ2n) is 6.99. The Morgan fingerprint density at radius 1 is 1.42 bits per heavy atom. The third-order valence-corrected chi connectivity index (χ3v) is 5.37. The Balaban J connectivity index is 1.78. The average Bonchev–Trinajstić information content (AvgIpc) is 3.03. The molecule has 1 heterocycles. The predicted octanol–water partition coefficient (Wildman–Crippen LogP) is 3.05. The number of nitrogens with zero attached hydrogens (tertiary/aromatic N) is 2. The Bertz CT molecular complexity index is 872. The van der Waals surface area contributed by atoms with E-state index >= 15 is 0 Å². The normalized spacial score (nSPS) is 24.4. The first-order chi connectivity index (χ1) is 12.5. The van der Waals surface area contributed by atoms with Gasteiger partial charge >= 0.3 is 5.97 Å². The van der Waals surface area contributed by atoms with Gasteiger partial charge in [-0.2, -0.15) is 5.10 Å². The van der Waals surface area contributed by atoms with E-state index in [1.807, 2.05) is 6.08 Å². The summed E-state index contributed by atoms with van der Waals surface area (Å²) in [5, 5.41) is 14.6. The van der Waals surface area contributed by atoms with E-state index in [9.17, 15) is 14.3 Å². The molecule has 0 saturated heterocycles. The molecule has 1 fully saturated rings. The number of carbonyl (C=O) groups is 1. The van der Waals surface area contributed by atoms with E-state index < -0.39 is 11.5 Å². The summed E-state index contributed by atoms with van der Waals surface area (Å²) >= 11 is 0. The molecule has 2 aromatic rings. The van der Waals surface area contributed by atoms with Gasteiger partial charge in [0, 0.05) is 0 Å². The van der Waals surface area contributed by atoms with E-state index in [0.29, 0.717) is 32.3 Å². The molecule has 4 rings (SSSR count). The Labute approximate surface area is 151 Å². The molecule has 0 radical (unpaired) electrons. The zero-order valence-corrected chi connectivity index (χ0v) is 14.6. The van der Waals surface area contributed by atoms with E-state index in [1.54, 1.807) is 29.9 Å². The number of hydrogen-bond acceptors (Lipinski definition) is 4. The van der Waals surface area contributed by atoms with Crippen LogP contribution >= 0.6 is 0 Å². The van der Waals surface area contributed by atoms with Gasteiger partial charge in [-0.1, -0.05) is 5.57 Å². The number of hydrogen-bond donors (Lipinski definition) is 1. The second-order valence-corrected chi connectivity index (χ2v) is 6.99. The van der Waals surface area contributed by atoms with Crippen molar-refractivity contribution in [3.8, 4) is 5.69 Å². The number of aliphatic hydroxyl groups is 1. The van der Waals surface area contributed by atoms with Crippen LogP contribution < -0.4 is 0 Å². The molecule has 6 heteroatoms. The van der Waals surface area contributed by atoms with Crippen molar-refractivity contribution in [2.45, 2.75) is 38.7 Å². The van der Waals surface area contributed by atoms with Crippen LogP contribution in [0.2, 0.25) is 0 Å². The van der Waals surface area contributed by atoms with Gasteiger partial charge in [-0.3, -0.25) is 4.79 Å². The van der Waals surface area contributed by atoms with Gasteiger partial charge in [-0.15, -0.1) is 0 Å². The quantitative estimate of drug-likeness (QED) is 0.859. The third-order valence-electron chi connectivity index (χ3n) is 5.37. The summed E-state index contributed by atoms with van der Waals surface area (Å²) in [4.78, 5) is 12.8. The fraction of sp³-hybridized carbons (Fsp3) is 0.400. The molecule has 26 heavy (non-hydrogen) atoms. The highest BCUT2D eigenvalue weighted by Gasteiger charge is 2.49. The van der Waals surface area contributed by atoms with E-state index in [0.717, 1.165) is 22.5 Å². The Kier molecular flexibility index (Phi) is 4.15. The fourth-order valence-corrected chi connectivity index (χ4v) is 4.11. The van der Waals surface area contributed by atoms with Crippen molar-refractivity contribution < 1.29 is 19.0 Å². The van der Waals surface area contributed by atoms with Crippen LogP contribution in [0, 0.1) is 11.2 Å². The largest absolute Gasteiger partial charge is 0.465 e. The highest BCUT2D eigenvalue weighted by Crippen LogP contribution is 2.49. The molecule has 1 aromatic heterocycles. The number of esters is 1. The van der Waals surface area contributed by atoms with Crippen LogP contribution in [0.25, 0.3) is 11.8 Å². The molecular weight excluding hydrogens is 335 g/mol. The molecule has 1 N–H and O–H groups in total. The summed E-state index contributed by atoms with van der Waals surface area (Å²) in [6, 6.07) is 6.16. The standard InChI is InChI=1S/C20H21FN2O3/c1-2-26-19(25)20-10-13-12-22-23(16-6-4-15(21)5-7-16)18(13)9-14(20)3-8-17(24)11-20/h4-7,9,12,17,24H,2-3,8,10-11H2,1H3/t17-,20-/m0/s1. The summed E-state index contributed by atoms with van der Waals surface area (Å²) in [6.45, 7) is 2.10. The third kappa shape index (κ3) is 2.65. The number of aromatic nitrogens is 2. The summed E-state index contributed by atoms with van der Waals surface area (Å²) in [7, 11) is 0. The van der Waals surface area contributed by atoms with Crippen LogP contribution in [0.15, 0.2) is 36.0 Å². The topological polar surface area (TPSA) is 64.3 Å². The molecule has 1 saturated carbocycles. The van der Waals surface area contributed by atoms with Crippen molar-refractivity contribution in [3.05, 3.63) is 53.1 Å². The number of carbonyl (C=O) groups excluding carboxylic acids is 1.